The van der Waals surface area contributed by atoms with Crippen LogP contribution in [0.4, 0.5) is 0 Å². The molecule has 0 aromatic carbocycles. The van der Waals surface area contributed by atoms with Gasteiger partial charge in [-0.3, -0.25) is 0 Å². The lowest BCUT2D eigenvalue weighted by Crippen LogP contribution is -2.52. The Morgan fingerprint density at radius 3 is 2.94 bits per heavy atom. The van der Waals surface area contributed by atoms with Gasteiger partial charge < -0.3 is 15.4 Å². The molecule has 0 aromatic rings. The Kier molecular flexibility index (Phi) is 4.83. The first-order valence-electron chi connectivity index (χ1n) is 7.26. The molecule has 1 aliphatic carbocycles. The van der Waals surface area contributed by atoms with Crippen LogP contribution >= 0.6 is 0 Å². The Hall–Kier alpha value is -0.120. The van der Waals surface area contributed by atoms with E-state index in [-0.39, 0.29) is 12.1 Å². The highest BCUT2D eigenvalue weighted by molar-refractivity contribution is 4.88. The second-order valence-electron chi connectivity index (χ2n) is 5.95. The van der Waals surface area contributed by atoms with Gasteiger partial charge in [0.15, 0.2) is 0 Å². The molecule has 0 radical (unpaired) electrons. The van der Waals surface area contributed by atoms with Crippen molar-refractivity contribution in [1.29, 1.82) is 0 Å². The summed E-state index contributed by atoms with van der Waals surface area (Å²) in [5.41, 5.74) is 6.45. The maximum absolute atomic E-state index is 6.45. The summed E-state index contributed by atoms with van der Waals surface area (Å²) in [7, 11) is 2.16. The van der Waals surface area contributed by atoms with Gasteiger partial charge in [0, 0.05) is 19.1 Å². The standard InChI is InChI=1S/C14H28N2O/c1-3-11-5-4-6-12(9-11)14(15)13-10-16(2)7-8-17-13/h11-14H,3-10,15H2,1-2H3. The average molecular weight is 240 g/mol. The molecule has 1 saturated heterocycles. The number of ether oxygens (including phenoxy) is 1. The maximum Gasteiger partial charge on any atom is 0.0855 e. The average Bonchev–Trinajstić information content (AvgIpc) is 2.38. The molecule has 3 heteroatoms. The van der Waals surface area contributed by atoms with Gasteiger partial charge in [-0.25, -0.2) is 0 Å². The third-order valence-corrected chi connectivity index (χ3v) is 4.67. The van der Waals surface area contributed by atoms with E-state index in [1.54, 1.807) is 0 Å². The molecule has 0 spiro atoms. The molecule has 2 fully saturated rings. The van der Waals surface area contributed by atoms with E-state index in [0.29, 0.717) is 5.92 Å². The molecule has 3 nitrogen and oxygen atoms in total. The van der Waals surface area contributed by atoms with Crippen LogP contribution in [0.2, 0.25) is 0 Å². The molecule has 100 valence electrons. The summed E-state index contributed by atoms with van der Waals surface area (Å²) in [5, 5.41) is 0. The van der Waals surface area contributed by atoms with Crippen LogP contribution in [0.5, 0.6) is 0 Å². The van der Waals surface area contributed by atoms with Crippen LogP contribution in [0.3, 0.4) is 0 Å². The predicted octanol–water partition coefficient (Wildman–Crippen LogP) is 1.86. The minimum Gasteiger partial charge on any atom is -0.374 e. The summed E-state index contributed by atoms with van der Waals surface area (Å²) in [5.74, 6) is 1.59. The van der Waals surface area contributed by atoms with E-state index in [1.807, 2.05) is 0 Å². The fraction of sp³-hybridized carbons (Fsp3) is 1.00. The highest BCUT2D eigenvalue weighted by Gasteiger charge is 2.32. The lowest BCUT2D eigenvalue weighted by molar-refractivity contribution is -0.0462. The van der Waals surface area contributed by atoms with Gasteiger partial charge in [0.2, 0.25) is 0 Å². The molecule has 4 atom stereocenters. The normalized spacial score (nSPS) is 37.9. The Morgan fingerprint density at radius 1 is 1.41 bits per heavy atom. The monoisotopic (exact) mass is 240 g/mol. The van der Waals surface area contributed by atoms with Crippen LogP contribution in [0.25, 0.3) is 0 Å². The summed E-state index contributed by atoms with van der Waals surface area (Å²) in [4.78, 5) is 2.34. The Bertz CT molecular complexity index is 234. The van der Waals surface area contributed by atoms with Crippen molar-refractivity contribution in [3.63, 3.8) is 0 Å². The predicted molar refractivity (Wildman–Crippen MR) is 71.0 cm³/mol. The summed E-state index contributed by atoms with van der Waals surface area (Å²) in [6.45, 7) is 5.21. The van der Waals surface area contributed by atoms with Crippen molar-refractivity contribution in [3.8, 4) is 0 Å². The second kappa shape index (κ2) is 6.17. The highest BCUT2D eigenvalue weighted by atomic mass is 16.5. The van der Waals surface area contributed by atoms with Crippen molar-refractivity contribution >= 4 is 0 Å². The first-order valence-corrected chi connectivity index (χ1v) is 7.26. The lowest BCUT2D eigenvalue weighted by Gasteiger charge is -2.39. The topological polar surface area (TPSA) is 38.5 Å². The smallest absolute Gasteiger partial charge is 0.0855 e. The molecule has 2 aliphatic rings. The van der Waals surface area contributed by atoms with Crippen LogP contribution in [0, 0.1) is 11.8 Å². The first kappa shape index (κ1) is 13.3. The number of morpholine rings is 1. The van der Waals surface area contributed by atoms with Gasteiger partial charge in [-0.15, -0.1) is 0 Å². The van der Waals surface area contributed by atoms with Crippen LogP contribution in [-0.2, 0) is 4.74 Å². The van der Waals surface area contributed by atoms with Gasteiger partial charge in [0.1, 0.15) is 0 Å². The van der Waals surface area contributed by atoms with Gasteiger partial charge in [-0.2, -0.15) is 0 Å². The fourth-order valence-electron chi connectivity index (χ4n) is 3.40. The molecule has 0 bridgehead atoms. The molecule has 0 amide bonds. The summed E-state index contributed by atoms with van der Waals surface area (Å²) < 4.78 is 5.87. The van der Waals surface area contributed by atoms with E-state index in [4.69, 9.17) is 10.5 Å². The molecule has 1 saturated carbocycles. The minimum atomic E-state index is 0.243. The molecule has 17 heavy (non-hydrogen) atoms. The summed E-state index contributed by atoms with van der Waals surface area (Å²) in [6.07, 6.45) is 6.97. The van der Waals surface area contributed by atoms with Gasteiger partial charge in [0.05, 0.1) is 12.7 Å². The zero-order chi connectivity index (χ0) is 12.3. The zero-order valence-corrected chi connectivity index (χ0v) is 11.4. The quantitative estimate of drug-likeness (QED) is 0.818. The fourth-order valence-corrected chi connectivity index (χ4v) is 3.40. The van der Waals surface area contributed by atoms with Crippen molar-refractivity contribution in [1.82, 2.24) is 4.90 Å². The van der Waals surface area contributed by atoms with E-state index in [1.165, 1.54) is 32.1 Å². The van der Waals surface area contributed by atoms with E-state index < -0.39 is 0 Å². The molecular weight excluding hydrogens is 212 g/mol. The van der Waals surface area contributed by atoms with Crippen molar-refractivity contribution in [3.05, 3.63) is 0 Å². The van der Waals surface area contributed by atoms with Crippen LogP contribution < -0.4 is 5.73 Å². The first-order chi connectivity index (χ1) is 8.20. The number of likely N-dealkylation sites (N-methyl/N-ethyl adjacent to an activating group) is 1. The van der Waals surface area contributed by atoms with Gasteiger partial charge in [-0.05, 0) is 31.7 Å². The number of nitrogens with zero attached hydrogens (tertiary/aromatic N) is 1. The molecule has 1 heterocycles. The van der Waals surface area contributed by atoms with E-state index >= 15 is 0 Å². The van der Waals surface area contributed by atoms with Crippen molar-refractivity contribution in [2.45, 2.75) is 51.2 Å². The number of rotatable bonds is 3. The largest absolute Gasteiger partial charge is 0.374 e. The lowest BCUT2D eigenvalue weighted by atomic mass is 9.75. The Labute approximate surface area is 106 Å². The Balaban J connectivity index is 1.87. The van der Waals surface area contributed by atoms with Gasteiger partial charge in [0.25, 0.3) is 0 Å². The maximum atomic E-state index is 6.45. The number of hydrogen-bond acceptors (Lipinski definition) is 3. The van der Waals surface area contributed by atoms with Crippen molar-refractivity contribution < 1.29 is 4.74 Å². The van der Waals surface area contributed by atoms with E-state index in [9.17, 15) is 0 Å². The van der Waals surface area contributed by atoms with E-state index in [0.717, 1.165) is 25.6 Å². The van der Waals surface area contributed by atoms with Crippen LogP contribution in [-0.4, -0.2) is 43.8 Å². The summed E-state index contributed by atoms with van der Waals surface area (Å²) in [6, 6.07) is 0.243. The zero-order valence-electron chi connectivity index (χ0n) is 11.4. The molecule has 4 unspecified atom stereocenters. The number of hydrogen-bond donors (Lipinski definition) is 1. The van der Waals surface area contributed by atoms with Crippen LogP contribution in [0.15, 0.2) is 0 Å². The molecule has 0 aromatic heterocycles. The van der Waals surface area contributed by atoms with E-state index in [2.05, 4.69) is 18.9 Å². The molecule has 2 rings (SSSR count). The molecule has 2 N–H and O–H groups in total. The minimum absolute atomic E-state index is 0.243. The third kappa shape index (κ3) is 3.43. The molecular formula is C14H28N2O. The highest BCUT2D eigenvalue weighted by Crippen LogP contribution is 2.33. The van der Waals surface area contributed by atoms with Crippen LogP contribution in [0.1, 0.15) is 39.0 Å². The molecule has 1 aliphatic heterocycles. The SMILES string of the molecule is CCC1CCCC(C(N)C2CN(C)CCO2)C1. The van der Waals surface area contributed by atoms with Crippen molar-refractivity contribution in [2.75, 3.05) is 26.7 Å². The van der Waals surface area contributed by atoms with Gasteiger partial charge >= 0.3 is 0 Å². The number of nitrogens with two attached hydrogens (primary N) is 1. The third-order valence-electron chi connectivity index (χ3n) is 4.67. The Morgan fingerprint density at radius 2 is 2.24 bits per heavy atom. The second-order valence-corrected chi connectivity index (χ2v) is 5.95. The van der Waals surface area contributed by atoms with Gasteiger partial charge in [-0.1, -0.05) is 26.2 Å². The van der Waals surface area contributed by atoms with Crippen molar-refractivity contribution in [2.24, 2.45) is 17.6 Å². The summed E-state index contributed by atoms with van der Waals surface area (Å²) >= 11 is 0.